The molecule has 4 heteroatoms. The van der Waals surface area contributed by atoms with Crippen LogP contribution in [-0.4, -0.2) is 0 Å². The van der Waals surface area contributed by atoms with Crippen LogP contribution >= 0.6 is 0 Å². The van der Waals surface area contributed by atoms with Crippen molar-refractivity contribution < 1.29 is 17.9 Å². The maximum atomic E-state index is 14.9. The van der Waals surface area contributed by atoms with Gasteiger partial charge in [-0.2, -0.15) is 8.78 Å². The fourth-order valence-electron chi connectivity index (χ4n) is 4.88. The van der Waals surface area contributed by atoms with Gasteiger partial charge in [0.2, 0.25) is 0 Å². The van der Waals surface area contributed by atoms with Crippen LogP contribution in [0.4, 0.5) is 13.2 Å². The van der Waals surface area contributed by atoms with Crippen LogP contribution in [0.15, 0.2) is 67.3 Å². The number of allylic oxidation sites excluding steroid dienone is 3. The molecule has 1 atom stereocenters. The van der Waals surface area contributed by atoms with E-state index in [1.54, 1.807) is 25.1 Å². The van der Waals surface area contributed by atoms with E-state index >= 15 is 0 Å². The Balaban J connectivity index is 1.61. The maximum absolute atomic E-state index is 14.9. The fraction of sp³-hybridized carbons (Fsp3) is 0.467. The van der Waals surface area contributed by atoms with Crippen molar-refractivity contribution in [2.75, 3.05) is 0 Å². The number of aryl methyl sites for hydroxylation is 1. The van der Waals surface area contributed by atoms with Gasteiger partial charge in [0.05, 0.1) is 11.7 Å². The second-order valence-corrected chi connectivity index (χ2v) is 9.45. The van der Waals surface area contributed by atoms with Crippen LogP contribution in [0.3, 0.4) is 0 Å². The molecule has 0 aromatic heterocycles. The highest BCUT2D eigenvalue weighted by molar-refractivity contribution is 5.30. The van der Waals surface area contributed by atoms with Gasteiger partial charge in [0.1, 0.15) is 5.82 Å². The van der Waals surface area contributed by atoms with Crippen LogP contribution in [0, 0.1) is 11.7 Å². The minimum Gasteiger partial charge on any atom is -0.309 e. The lowest BCUT2D eigenvalue weighted by molar-refractivity contribution is -0.273. The maximum Gasteiger partial charge on any atom is 0.386 e. The van der Waals surface area contributed by atoms with Crippen molar-refractivity contribution in [3.63, 3.8) is 0 Å². The van der Waals surface area contributed by atoms with Gasteiger partial charge >= 0.3 is 6.11 Å². The summed E-state index contributed by atoms with van der Waals surface area (Å²) >= 11 is 0. The van der Waals surface area contributed by atoms with E-state index < -0.39 is 23.6 Å². The van der Waals surface area contributed by atoms with Crippen molar-refractivity contribution in [2.24, 2.45) is 5.92 Å². The average molecular weight is 471 g/mol. The first-order valence-corrected chi connectivity index (χ1v) is 12.5. The first-order chi connectivity index (χ1) is 16.3. The molecular weight excluding hydrogens is 433 g/mol. The second-order valence-electron chi connectivity index (χ2n) is 9.45. The molecule has 0 spiro atoms. The summed E-state index contributed by atoms with van der Waals surface area (Å²) in [6.45, 7) is 7.31. The van der Waals surface area contributed by atoms with Gasteiger partial charge in [0.15, 0.2) is 0 Å². The highest BCUT2D eigenvalue weighted by Crippen LogP contribution is 2.41. The van der Waals surface area contributed by atoms with E-state index in [0.29, 0.717) is 11.5 Å². The third kappa shape index (κ3) is 7.09. The Kier molecular flexibility index (Phi) is 9.58. The summed E-state index contributed by atoms with van der Waals surface area (Å²) in [7, 11) is 0. The van der Waals surface area contributed by atoms with Crippen molar-refractivity contribution in [1.29, 1.82) is 0 Å². The number of hydrogen-bond acceptors (Lipinski definition) is 1. The normalized spacial score (nSPS) is 19.9. The van der Waals surface area contributed by atoms with Gasteiger partial charge in [-0.3, -0.25) is 0 Å². The number of ether oxygens (including phenoxy) is 1. The van der Waals surface area contributed by atoms with E-state index in [0.717, 1.165) is 56.1 Å². The Morgan fingerprint density at radius 1 is 1.06 bits per heavy atom. The number of hydrogen-bond donors (Lipinski definition) is 0. The summed E-state index contributed by atoms with van der Waals surface area (Å²) < 4.78 is 49.7. The van der Waals surface area contributed by atoms with E-state index in [1.165, 1.54) is 18.6 Å². The topological polar surface area (TPSA) is 9.23 Å². The first-order valence-electron chi connectivity index (χ1n) is 12.5. The van der Waals surface area contributed by atoms with Crippen LogP contribution in [0.1, 0.15) is 93.1 Å². The molecule has 0 saturated heterocycles. The van der Waals surface area contributed by atoms with Crippen LogP contribution in [0.5, 0.6) is 0 Å². The van der Waals surface area contributed by atoms with Crippen molar-refractivity contribution in [1.82, 2.24) is 0 Å². The van der Waals surface area contributed by atoms with E-state index in [1.807, 2.05) is 25.1 Å². The zero-order valence-electron chi connectivity index (χ0n) is 20.4. The Hall–Kier alpha value is -2.33. The van der Waals surface area contributed by atoms with Gasteiger partial charge in [0, 0.05) is 0 Å². The smallest absolute Gasteiger partial charge is 0.309 e. The Morgan fingerprint density at radius 3 is 2.38 bits per heavy atom. The molecule has 0 bridgehead atoms. The van der Waals surface area contributed by atoms with Gasteiger partial charge in [-0.25, -0.2) is 4.39 Å². The highest BCUT2D eigenvalue weighted by Gasteiger charge is 2.38. The van der Waals surface area contributed by atoms with Gasteiger partial charge in [-0.15, -0.1) is 6.58 Å². The van der Waals surface area contributed by atoms with Crippen LogP contribution < -0.4 is 0 Å². The second kappa shape index (κ2) is 12.4. The predicted molar refractivity (Wildman–Crippen MR) is 134 cm³/mol. The molecule has 1 aliphatic carbocycles. The van der Waals surface area contributed by atoms with E-state index in [4.69, 9.17) is 4.74 Å². The molecule has 2 aromatic carbocycles. The SMILES string of the molecule is C=CCCc1ccc(C(C)OC(F)(F)c2ccc(C3CCC(CC/C=C/C)CC3)cc2F)cc1. The Labute approximate surface area is 202 Å². The van der Waals surface area contributed by atoms with Gasteiger partial charge in [0.25, 0.3) is 0 Å². The first kappa shape index (κ1) is 26.3. The summed E-state index contributed by atoms with van der Waals surface area (Å²) in [6, 6.07) is 11.5. The zero-order valence-corrected chi connectivity index (χ0v) is 20.4. The summed E-state index contributed by atoms with van der Waals surface area (Å²) in [6.07, 6.45) is 9.70. The molecule has 2 aromatic rings. The third-order valence-electron chi connectivity index (χ3n) is 7.01. The molecule has 1 aliphatic rings. The lowest BCUT2D eigenvalue weighted by Gasteiger charge is -2.29. The van der Waals surface area contributed by atoms with Crippen molar-refractivity contribution in [2.45, 2.75) is 83.3 Å². The molecule has 34 heavy (non-hydrogen) atoms. The lowest BCUT2D eigenvalue weighted by Crippen LogP contribution is -2.22. The number of benzene rings is 2. The summed E-state index contributed by atoms with van der Waals surface area (Å²) in [4.78, 5) is 0. The third-order valence-corrected chi connectivity index (χ3v) is 7.01. The molecule has 1 saturated carbocycles. The minimum absolute atomic E-state index is 0.231. The average Bonchev–Trinajstić information content (AvgIpc) is 2.83. The minimum atomic E-state index is -3.71. The van der Waals surface area contributed by atoms with Crippen LogP contribution in [0.25, 0.3) is 0 Å². The molecule has 1 nitrogen and oxygen atoms in total. The molecule has 1 fully saturated rings. The van der Waals surface area contributed by atoms with E-state index in [9.17, 15) is 13.2 Å². The molecule has 184 valence electrons. The summed E-state index contributed by atoms with van der Waals surface area (Å²) in [5.74, 6) is 0.0334. The van der Waals surface area contributed by atoms with Gasteiger partial charge < -0.3 is 4.74 Å². The predicted octanol–water partition coefficient (Wildman–Crippen LogP) is 9.40. The number of alkyl halides is 2. The monoisotopic (exact) mass is 470 g/mol. The van der Waals surface area contributed by atoms with Crippen molar-refractivity contribution in [3.05, 3.63) is 95.3 Å². The molecular formula is C30H37F3O. The largest absolute Gasteiger partial charge is 0.386 e. The Morgan fingerprint density at radius 2 is 1.76 bits per heavy atom. The molecule has 1 unspecified atom stereocenters. The van der Waals surface area contributed by atoms with E-state index in [2.05, 4.69) is 18.7 Å². The molecule has 0 heterocycles. The van der Waals surface area contributed by atoms with Gasteiger partial charge in [-0.1, -0.05) is 48.6 Å². The van der Waals surface area contributed by atoms with Crippen LogP contribution in [0.2, 0.25) is 0 Å². The van der Waals surface area contributed by atoms with Crippen molar-refractivity contribution in [3.8, 4) is 0 Å². The molecule has 3 rings (SSSR count). The standard InChI is InChI=1S/C30H37F3O/c1-4-6-8-10-24-13-17-26(18-14-24)27-19-20-28(29(31)21-27)30(32,33)34-22(3)25-15-11-23(12-16-25)9-7-5-2/h4-6,11-12,15-16,19-22,24,26H,2,7-10,13-14,17-18H2,1,3H3/b6-4+. The molecule has 0 radical (unpaired) electrons. The summed E-state index contributed by atoms with van der Waals surface area (Å²) in [5.41, 5.74) is 1.85. The highest BCUT2D eigenvalue weighted by atomic mass is 19.3. The number of rotatable bonds is 11. The number of halogens is 3. The van der Waals surface area contributed by atoms with E-state index in [-0.39, 0.29) is 5.92 Å². The van der Waals surface area contributed by atoms with Crippen molar-refractivity contribution >= 4 is 0 Å². The van der Waals surface area contributed by atoms with Gasteiger partial charge in [-0.05, 0) is 106 Å². The van der Waals surface area contributed by atoms with Crippen LogP contribution in [-0.2, 0) is 17.3 Å². The zero-order chi connectivity index (χ0) is 24.6. The molecule has 0 amide bonds. The molecule has 0 aliphatic heterocycles. The Bertz CT molecular complexity index is 940. The fourth-order valence-corrected chi connectivity index (χ4v) is 4.88. The summed E-state index contributed by atoms with van der Waals surface area (Å²) in [5, 5.41) is 0. The lowest BCUT2D eigenvalue weighted by atomic mass is 9.77. The quantitative estimate of drug-likeness (QED) is 0.297. The molecule has 0 N–H and O–H groups in total.